The number of carbonyl (C=O) groups excluding carboxylic acids is 3. The van der Waals surface area contributed by atoms with Gasteiger partial charge in [0.15, 0.2) is 17.3 Å². The molecule has 0 aromatic heterocycles. The van der Waals surface area contributed by atoms with E-state index in [0.29, 0.717) is 22.7 Å². The number of fused-ring (bicyclic) bond motifs is 3. The third kappa shape index (κ3) is 3.13. The van der Waals surface area contributed by atoms with Gasteiger partial charge in [0.1, 0.15) is 6.04 Å². The molecule has 8 nitrogen and oxygen atoms in total. The predicted molar refractivity (Wildman–Crippen MR) is 122 cm³/mol. The molecule has 0 aliphatic carbocycles. The molecular formula is C25H23N3O5. The highest BCUT2D eigenvalue weighted by molar-refractivity contribution is 6.24. The first-order chi connectivity index (χ1) is 16.0. The smallest absolute Gasteiger partial charge is 0.240 e. The second-order valence-corrected chi connectivity index (χ2v) is 8.30. The number of hydrogen-bond donors (Lipinski definition) is 0. The number of benzene rings is 2. The average molecular weight is 445 g/mol. The molecule has 168 valence electrons. The van der Waals surface area contributed by atoms with Crippen LogP contribution in [0.15, 0.2) is 59.7 Å². The van der Waals surface area contributed by atoms with Gasteiger partial charge in [0.05, 0.1) is 37.8 Å². The fourth-order valence-corrected chi connectivity index (χ4v) is 4.95. The molecule has 5 rings (SSSR count). The Bertz CT molecular complexity index is 1200. The lowest BCUT2D eigenvalue weighted by molar-refractivity contribution is -0.123. The molecule has 2 aromatic rings. The minimum absolute atomic E-state index is 0.298. The van der Waals surface area contributed by atoms with Gasteiger partial charge in [0.25, 0.3) is 0 Å². The van der Waals surface area contributed by atoms with Gasteiger partial charge in [-0.2, -0.15) is 5.10 Å². The summed E-state index contributed by atoms with van der Waals surface area (Å²) in [6, 6.07) is 10.7. The van der Waals surface area contributed by atoms with E-state index in [0.717, 1.165) is 5.56 Å². The van der Waals surface area contributed by atoms with Crippen LogP contribution in [0.25, 0.3) is 0 Å². The molecule has 0 spiro atoms. The topological polar surface area (TPSA) is 88.5 Å². The Morgan fingerprint density at radius 1 is 0.939 bits per heavy atom. The van der Waals surface area contributed by atoms with E-state index < -0.39 is 23.9 Å². The number of anilines is 1. The Morgan fingerprint density at radius 2 is 1.64 bits per heavy atom. The van der Waals surface area contributed by atoms with Crippen LogP contribution in [-0.4, -0.2) is 55.1 Å². The standard InChI is InChI=1S/C25H23N3O5/c1-14-6-9-16(10-7-14)27-24(30)20-17-5-4-12-26-28(17)22(21(20)25(27)31)23(29)15-8-11-18(32-2)19(13-15)33-3/h4-13,17,20-22H,1-3H3/t17-,20-,21-,22+/m1/s1. The maximum atomic E-state index is 13.7. The highest BCUT2D eigenvalue weighted by Gasteiger charge is 2.64. The highest BCUT2D eigenvalue weighted by atomic mass is 16.5. The van der Waals surface area contributed by atoms with E-state index in [1.165, 1.54) is 19.1 Å². The first-order valence-corrected chi connectivity index (χ1v) is 10.7. The molecule has 2 fully saturated rings. The van der Waals surface area contributed by atoms with E-state index in [2.05, 4.69) is 5.10 Å². The van der Waals surface area contributed by atoms with Gasteiger partial charge in [-0.25, -0.2) is 4.90 Å². The zero-order valence-corrected chi connectivity index (χ0v) is 18.5. The third-order valence-electron chi connectivity index (χ3n) is 6.52. The van der Waals surface area contributed by atoms with Crippen LogP contribution in [-0.2, 0) is 9.59 Å². The molecule has 33 heavy (non-hydrogen) atoms. The summed E-state index contributed by atoms with van der Waals surface area (Å²) < 4.78 is 10.6. The van der Waals surface area contributed by atoms with E-state index >= 15 is 0 Å². The Hall–Kier alpha value is -3.94. The van der Waals surface area contributed by atoms with Crippen LogP contribution in [0.3, 0.4) is 0 Å². The number of allylic oxidation sites excluding steroid dienone is 1. The van der Waals surface area contributed by atoms with E-state index in [1.807, 2.05) is 25.1 Å². The van der Waals surface area contributed by atoms with Crippen LogP contribution in [0.1, 0.15) is 15.9 Å². The van der Waals surface area contributed by atoms with Gasteiger partial charge in [-0.05, 0) is 43.3 Å². The minimum Gasteiger partial charge on any atom is -0.493 e. The average Bonchev–Trinajstić information content (AvgIpc) is 3.31. The molecule has 0 N–H and O–H groups in total. The number of hydrazone groups is 1. The van der Waals surface area contributed by atoms with Gasteiger partial charge < -0.3 is 9.47 Å². The Morgan fingerprint density at radius 3 is 2.33 bits per heavy atom. The van der Waals surface area contributed by atoms with Crippen LogP contribution in [0, 0.1) is 18.8 Å². The van der Waals surface area contributed by atoms with Gasteiger partial charge in [-0.15, -0.1) is 0 Å². The van der Waals surface area contributed by atoms with E-state index in [-0.39, 0.29) is 17.6 Å². The second-order valence-electron chi connectivity index (χ2n) is 8.30. The van der Waals surface area contributed by atoms with E-state index in [1.54, 1.807) is 47.6 Å². The van der Waals surface area contributed by atoms with Gasteiger partial charge in [0, 0.05) is 11.8 Å². The van der Waals surface area contributed by atoms with Gasteiger partial charge in [0.2, 0.25) is 11.8 Å². The molecule has 0 unspecified atom stereocenters. The van der Waals surface area contributed by atoms with E-state index in [4.69, 9.17) is 9.47 Å². The molecule has 4 atom stereocenters. The molecule has 2 aromatic carbocycles. The van der Waals surface area contributed by atoms with Crippen molar-refractivity contribution in [3.63, 3.8) is 0 Å². The highest BCUT2D eigenvalue weighted by Crippen LogP contribution is 2.46. The SMILES string of the molecule is COc1ccc(C(=O)[C@@H]2[C@@H]3C(=O)N(c4ccc(C)cc4)C(=O)[C@@H]3[C@H]3C=CC=NN32)cc1OC. The molecule has 0 bridgehead atoms. The summed E-state index contributed by atoms with van der Waals surface area (Å²) in [4.78, 5) is 42.0. The number of aryl methyl sites for hydroxylation is 1. The lowest BCUT2D eigenvalue weighted by Gasteiger charge is -2.30. The van der Waals surface area contributed by atoms with Crippen LogP contribution in [0.5, 0.6) is 11.5 Å². The van der Waals surface area contributed by atoms with Crippen molar-refractivity contribution in [3.8, 4) is 11.5 Å². The summed E-state index contributed by atoms with van der Waals surface area (Å²) in [5.74, 6) is -1.63. The van der Waals surface area contributed by atoms with Crippen LogP contribution < -0.4 is 14.4 Å². The Labute approximate surface area is 191 Å². The van der Waals surface area contributed by atoms with Gasteiger partial charge in [-0.3, -0.25) is 19.4 Å². The van der Waals surface area contributed by atoms with Crippen molar-refractivity contribution in [3.05, 3.63) is 65.7 Å². The zero-order chi connectivity index (χ0) is 23.3. The zero-order valence-electron chi connectivity index (χ0n) is 18.5. The molecule has 3 aliphatic rings. The number of Topliss-reactive ketones (excluding diaryl/α,β-unsaturated/α-hetero) is 1. The summed E-state index contributed by atoms with van der Waals surface area (Å²) in [6.07, 6.45) is 5.14. The van der Waals surface area contributed by atoms with Gasteiger partial charge >= 0.3 is 0 Å². The fourth-order valence-electron chi connectivity index (χ4n) is 4.95. The number of imide groups is 1. The molecule has 3 aliphatic heterocycles. The normalized spacial score (nSPS) is 25.3. The van der Waals surface area contributed by atoms with Crippen molar-refractivity contribution in [2.45, 2.75) is 19.0 Å². The summed E-state index contributed by atoms with van der Waals surface area (Å²) in [5.41, 5.74) is 1.89. The monoisotopic (exact) mass is 445 g/mol. The van der Waals surface area contributed by atoms with Crippen LogP contribution in [0.4, 0.5) is 5.69 Å². The first-order valence-electron chi connectivity index (χ1n) is 10.7. The summed E-state index contributed by atoms with van der Waals surface area (Å²) >= 11 is 0. The molecule has 2 saturated heterocycles. The molecule has 3 heterocycles. The second kappa shape index (κ2) is 7.88. The van der Waals surface area contributed by atoms with Crippen molar-refractivity contribution >= 4 is 29.5 Å². The Balaban J connectivity index is 1.56. The summed E-state index contributed by atoms with van der Waals surface area (Å²) in [6.45, 7) is 1.94. The number of rotatable bonds is 5. The molecule has 0 radical (unpaired) electrons. The lowest BCUT2D eigenvalue weighted by atomic mass is 9.86. The van der Waals surface area contributed by atoms with Crippen molar-refractivity contribution < 1.29 is 23.9 Å². The number of ether oxygens (including phenoxy) is 2. The van der Waals surface area contributed by atoms with Crippen LogP contribution in [0.2, 0.25) is 0 Å². The third-order valence-corrected chi connectivity index (χ3v) is 6.52. The summed E-state index contributed by atoms with van der Waals surface area (Å²) in [7, 11) is 3.01. The number of carbonyl (C=O) groups is 3. The quantitative estimate of drug-likeness (QED) is 0.519. The number of hydrogen-bond acceptors (Lipinski definition) is 7. The number of nitrogens with zero attached hydrogens (tertiary/aromatic N) is 3. The maximum Gasteiger partial charge on any atom is 0.240 e. The number of ketones is 1. The van der Waals surface area contributed by atoms with E-state index in [9.17, 15) is 14.4 Å². The first kappa shape index (κ1) is 20.9. The molecule has 8 heteroatoms. The number of amides is 2. The largest absolute Gasteiger partial charge is 0.493 e. The van der Waals surface area contributed by atoms with Crippen molar-refractivity contribution in [2.24, 2.45) is 16.9 Å². The maximum absolute atomic E-state index is 13.7. The van der Waals surface area contributed by atoms with Crippen molar-refractivity contribution in [1.29, 1.82) is 0 Å². The van der Waals surface area contributed by atoms with Gasteiger partial charge in [-0.1, -0.05) is 23.8 Å². The summed E-state index contributed by atoms with van der Waals surface area (Å²) in [5, 5.41) is 5.97. The van der Waals surface area contributed by atoms with Crippen molar-refractivity contribution in [1.82, 2.24) is 5.01 Å². The molecule has 2 amide bonds. The molecular weight excluding hydrogens is 422 g/mol. The predicted octanol–water partition coefficient (Wildman–Crippen LogP) is 2.61. The lowest BCUT2D eigenvalue weighted by Crippen LogP contribution is -2.46. The fraction of sp³-hybridized carbons (Fsp3) is 0.280. The Kier molecular flexibility index (Phi) is 5.00. The minimum atomic E-state index is -0.911. The van der Waals surface area contributed by atoms with Crippen LogP contribution >= 0.6 is 0 Å². The van der Waals surface area contributed by atoms with Crippen molar-refractivity contribution in [2.75, 3.05) is 19.1 Å². The number of methoxy groups -OCH3 is 2. The molecule has 0 saturated carbocycles.